The van der Waals surface area contributed by atoms with Gasteiger partial charge in [-0.05, 0) is 64.3 Å². The van der Waals surface area contributed by atoms with Crippen molar-refractivity contribution in [1.29, 1.82) is 0 Å². The maximum Gasteiger partial charge on any atom is 0.410 e. The zero-order valence-electron chi connectivity index (χ0n) is 18.5. The summed E-state index contributed by atoms with van der Waals surface area (Å²) < 4.78 is 5.59. The van der Waals surface area contributed by atoms with Gasteiger partial charge in [-0.1, -0.05) is 42.1 Å². The van der Waals surface area contributed by atoms with Gasteiger partial charge in [-0.15, -0.1) is 0 Å². The Balaban J connectivity index is 1.55. The Bertz CT molecular complexity index is 1060. The number of H-pyrrole nitrogens is 1. The minimum absolute atomic E-state index is 0.0767. The number of rotatable bonds is 4. The molecule has 1 atom stereocenters. The van der Waals surface area contributed by atoms with E-state index in [1.807, 2.05) is 33.0 Å². The van der Waals surface area contributed by atoms with Crippen LogP contribution in [0.5, 0.6) is 0 Å². The molecular weight excluding hydrogens is 406 g/mol. The first-order valence-corrected chi connectivity index (χ1v) is 11.5. The number of nitrogens with zero attached hydrogens (tertiary/aromatic N) is 2. The van der Waals surface area contributed by atoms with E-state index >= 15 is 0 Å². The standard InChI is InChI=1S/C25H29N3O2S/c1-17-12-13-18(15-22(17)31-19-9-6-5-7-10-19)20-16-26-23(27-20)21-11-8-14-28(21)24(29)30-25(2,3)4/h5-7,9-10,12-13,15-16,21H,8,11,14H2,1-4H3,(H,26,27)/t21-/m0/s1. The molecule has 0 aliphatic carbocycles. The van der Waals surface area contributed by atoms with Crippen molar-refractivity contribution in [2.75, 3.05) is 6.54 Å². The van der Waals surface area contributed by atoms with Gasteiger partial charge < -0.3 is 9.72 Å². The van der Waals surface area contributed by atoms with Gasteiger partial charge in [0.1, 0.15) is 11.4 Å². The molecule has 6 heteroatoms. The van der Waals surface area contributed by atoms with Gasteiger partial charge in [-0.2, -0.15) is 0 Å². The number of hydrogen-bond acceptors (Lipinski definition) is 4. The molecular formula is C25H29N3O2S. The molecule has 5 nitrogen and oxygen atoms in total. The number of aryl methyl sites for hydroxylation is 1. The van der Waals surface area contributed by atoms with E-state index in [1.54, 1.807) is 16.7 Å². The lowest BCUT2D eigenvalue weighted by atomic mass is 10.1. The molecule has 31 heavy (non-hydrogen) atoms. The first kappa shape index (κ1) is 21.5. The largest absolute Gasteiger partial charge is 0.444 e. The summed E-state index contributed by atoms with van der Waals surface area (Å²) in [4.78, 5) is 24.9. The van der Waals surface area contributed by atoms with Crippen molar-refractivity contribution in [2.24, 2.45) is 0 Å². The van der Waals surface area contributed by atoms with Crippen LogP contribution in [0.4, 0.5) is 4.79 Å². The van der Waals surface area contributed by atoms with Crippen LogP contribution in [0.15, 0.2) is 64.5 Å². The number of carbonyl (C=O) groups excluding carboxylic acids is 1. The Kier molecular flexibility index (Phi) is 6.10. The summed E-state index contributed by atoms with van der Waals surface area (Å²) in [5, 5.41) is 0. The molecule has 162 valence electrons. The van der Waals surface area contributed by atoms with Crippen LogP contribution in [0.3, 0.4) is 0 Å². The van der Waals surface area contributed by atoms with Crippen molar-refractivity contribution in [1.82, 2.24) is 14.9 Å². The molecule has 4 rings (SSSR count). The van der Waals surface area contributed by atoms with E-state index in [0.29, 0.717) is 6.54 Å². The molecule has 2 heterocycles. The van der Waals surface area contributed by atoms with Gasteiger partial charge in [0.2, 0.25) is 0 Å². The van der Waals surface area contributed by atoms with E-state index in [1.165, 1.54) is 15.4 Å². The molecule has 0 unspecified atom stereocenters. The molecule has 1 N–H and O–H groups in total. The molecule has 1 aliphatic heterocycles. The van der Waals surface area contributed by atoms with Gasteiger partial charge in [0.25, 0.3) is 0 Å². The number of amides is 1. The molecule has 1 aromatic heterocycles. The van der Waals surface area contributed by atoms with E-state index in [-0.39, 0.29) is 12.1 Å². The molecule has 1 aliphatic rings. The molecule has 0 spiro atoms. The highest BCUT2D eigenvalue weighted by atomic mass is 32.2. The fourth-order valence-electron chi connectivity index (χ4n) is 3.74. The Hall–Kier alpha value is -2.73. The van der Waals surface area contributed by atoms with Gasteiger partial charge in [0, 0.05) is 21.9 Å². The predicted octanol–water partition coefficient (Wildman–Crippen LogP) is 6.61. The van der Waals surface area contributed by atoms with E-state index < -0.39 is 5.60 Å². The summed E-state index contributed by atoms with van der Waals surface area (Å²) in [5.41, 5.74) is 2.78. The molecule has 0 bridgehead atoms. The Labute approximate surface area is 188 Å². The number of imidazole rings is 1. The SMILES string of the molecule is Cc1ccc(-c2cnc([C@@H]3CCCN3C(=O)OC(C)(C)C)[nH]2)cc1Sc1ccccc1. The number of likely N-dealkylation sites (tertiary alicyclic amines) is 1. The number of aromatic amines is 1. The average Bonchev–Trinajstić information content (AvgIpc) is 3.38. The average molecular weight is 436 g/mol. The van der Waals surface area contributed by atoms with E-state index in [4.69, 9.17) is 4.74 Å². The lowest BCUT2D eigenvalue weighted by molar-refractivity contribution is 0.0218. The summed E-state index contributed by atoms with van der Waals surface area (Å²) >= 11 is 1.76. The molecule has 1 saturated heterocycles. The van der Waals surface area contributed by atoms with Crippen molar-refractivity contribution < 1.29 is 9.53 Å². The molecule has 3 aromatic rings. The van der Waals surface area contributed by atoms with Crippen LogP contribution in [-0.4, -0.2) is 33.1 Å². The molecule has 1 fully saturated rings. The highest BCUT2D eigenvalue weighted by Gasteiger charge is 2.34. The van der Waals surface area contributed by atoms with Crippen molar-refractivity contribution in [3.8, 4) is 11.3 Å². The van der Waals surface area contributed by atoms with Crippen molar-refractivity contribution in [3.05, 3.63) is 66.1 Å². The number of carbonyl (C=O) groups is 1. The first-order chi connectivity index (χ1) is 14.8. The quantitative estimate of drug-likeness (QED) is 0.501. The molecule has 0 radical (unpaired) electrons. The third-order valence-electron chi connectivity index (χ3n) is 5.26. The van der Waals surface area contributed by atoms with Crippen LogP contribution in [0.2, 0.25) is 0 Å². The Morgan fingerprint density at radius 1 is 1.19 bits per heavy atom. The summed E-state index contributed by atoms with van der Waals surface area (Å²) in [6.07, 6.45) is 3.42. The van der Waals surface area contributed by atoms with E-state index in [0.717, 1.165) is 29.9 Å². The topological polar surface area (TPSA) is 58.2 Å². The smallest absolute Gasteiger partial charge is 0.410 e. The van der Waals surface area contributed by atoms with Gasteiger partial charge >= 0.3 is 6.09 Å². The highest BCUT2D eigenvalue weighted by molar-refractivity contribution is 7.99. The fraction of sp³-hybridized carbons (Fsp3) is 0.360. The van der Waals surface area contributed by atoms with Gasteiger partial charge in [-0.25, -0.2) is 9.78 Å². The molecule has 1 amide bonds. The van der Waals surface area contributed by atoms with Crippen LogP contribution < -0.4 is 0 Å². The maximum absolute atomic E-state index is 12.6. The number of aromatic nitrogens is 2. The minimum Gasteiger partial charge on any atom is -0.444 e. The summed E-state index contributed by atoms with van der Waals surface area (Å²) in [6.45, 7) is 8.50. The molecule has 0 saturated carbocycles. The number of ether oxygens (including phenoxy) is 1. The second-order valence-electron chi connectivity index (χ2n) is 8.91. The van der Waals surface area contributed by atoms with Crippen molar-refractivity contribution >= 4 is 17.9 Å². The Morgan fingerprint density at radius 3 is 2.71 bits per heavy atom. The first-order valence-electron chi connectivity index (χ1n) is 10.7. The van der Waals surface area contributed by atoms with Crippen molar-refractivity contribution in [3.63, 3.8) is 0 Å². The van der Waals surface area contributed by atoms with Crippen molar-refractivity contribution in [2.45, 2.75) is 62.0 Å². The number of hydrogen-bond donors (Lipinski definition) is 1. The van der Waals surface area contributed by atoms with Crippen LogP contribution >= 0.6 is 11.8 Å². The van der Waals surface area contributed by atoms with E-state index in [2.05, 4.69) is 59.4 Å². The zero-order valence-corrected chi connectivity index (χ0v) is 19.3. The lowest BCUT2D eigenvalue weighted by Crippen LogP contribution is -2.36. The van der Waals surface area contributed by atoms with Gasteiger partial charge in [0.05, 0.1) is 17.9 Å². The minimum atomic E-state index is -0.507. The lowest BCUT2D eigenvalue weighted by Gasteiger charge is -2.27. The number of benzene rings is 2. The zero-order chi connectivity index (χ0) is 22.0. The van der Waals surface area contributed by atoms with E-state index in [9.17, 15) is 4.79 Å². The second-order valence-corrected chi connectivity index (χ2v) is 10.0. The van der Waals surface area contributed by atoms with Crippen LogP contribution in [0, 0.1) is 6.92 Å². The highest BCUT2D eigenvalue weighted by Crippen LogP contribution is 2.35. The van der Waals surface area contributed by atoms with Crippen LogP contribution in [0.1, 0.15) is 51.0 Å². The summed E-state index contributed by atoms with van der Waals surface area (Å²) in [5.74, 6) is 0.816. The second kappa shape index (κ2) is 8.79. The Morgan fingerprint density at radius 2 is 1.97 bits per heavy atom. The number of nitrogens with one attached hydrogen (secondary N) is 1. The van der Waals surface area contributed by atoms with Gasteiger partial charge in [-0.3, -0.25) is 4.90 Å². The third-order valence-corrected chi connectivity index (χ3v) is 6.43. The predicted molar refractivity (Wildman–Crippen MR) is 124 cm³/mol. The third kappa shape index (κ3) is 5.13. The van der Waals surface area contributed by atoms with Crippen LogP contribution in [0.25, 0.3) is 11.3 Å². The van der Waals surface area contributed by atoms with Crippen LogP contribution in [-0.2, 0) is 4.74 Å². The summed E-state index contributed by atoms with van der Waals surface area (Å²) in [7, 11) is 0. The molecule has 2 aromatic carbocycles. The maximum atomic E-state index is 12.6. The van der Waals surface area contributed by atoms with Gasteiger partial charge in [0.15, 0.2) is 0 Å². The monoisotopic (exact) mass is 435 g/mol. The summed E-state index contributed by atoms with van der Waals surface area (Å²) in [6, 6.07) is 16.8. The normalized spacial score (nSPS) is 16.5. The fourth-order valence-corrected chi connectivity index (χ4v) is 4.70.